The summed E-state index contributed by atoms with van der Waals surface area (Å²) in [7, 11) is 0. The van der Waals surface area contributed by atoms with Crippen molar-refractivity contribution in [3.63, 3.8) is 0 Å². The Balaban J connectivity index is 1.83. The number of hydrogen-bond donors (Lipinski definition) is 2. The maximum atomic E-state index is 11.8. The summed E-state index contributed by atoms with van der Waals surface area (Å²) in [5, 5.41) is 15.0. The lowest BCUT2D eigenvalue weighted by Gasteiger charge is -2.22. The Labute approximate surface area is 122 Å². The second-order valence-corrected chi connectivity index (χ2v) is 5.02. The fourth-order valence-electron chi connectivity index (χ4n) is 2.03. The lowest BCUT2D eigenvalue weighted by molar-refractivity contribution is -0.123. The zero-order chi connectivity index (χ0) is 14.4. The van der Waals surface area contributed by atoms with Crippen molar-refractivity contribution in [2.24, 2.45) is 0 Å². The maximum absolute atomic E-state index is 11.8. The fraction of sp³-hybridized carbons (Fsp3) is 0.429. The van der Waals surface area contributed by atoms with Crippen LogP contribution in [0.4, 0.5) is 5.69 Å². The molecule has 1 aromatic carbocycles. The Morgan fingerprint density at radius 3 is 2.90 bits per heavy atom. The number of carbonyl (C=O) groups excluding carboxylic acids is 1. The highest BCUT2D eigenvalue weighted by Gasteiger charge is 2.15. The number of anilines is 1. The van der Waals surface area contributed by atoms with Gasteiger partial charge in [0.2, 0.25) is 5.91 Å². The van der Waals surface area contributed by atoms with Crippen LogP contribution in [0.2, 0.25) is 5.02 Å². The zero-order valence-electron chi connectivity index (χ0n) is 11.0. The van der Waals surface area contributed by atoms with Crippen LogP contribution in [-0.2, 0) is 9.53 Å². The number of amides is 1. The molecule has 1 fully saturated rings. The SMILES string of the molecule is N#Cc1ccc(NC(=O)COC2CCNCC2)c(Cl)c1. The molecule has 1 amide bonds. The molecule has 2 rings (SSSR count). The molecule has 0 spiro atoms. The third-order valence-electron chi connectivity index (χ3n) is 3.11. The van der Waals surface area contributed by atoms with Gasteiger partial charge >= 0.3 is 0 Å². The van der Waals surface area contributed by atoms with Crippen LogP contribution in [0.15, 0.2) is 18.2 Å². The number of piperidine rings is 1. The van der Waals surface area contributed by atoms with E-state index in [9.17, 15) is 4.79 Å². The van der Waals surface area contributed by atoms with E-state index in [2.05, 4.69) is 10.6 Å². The van der Waals surface area contributed by atoms with E-state index in [1.165, 1.54) is 6.07 Å². The third kappa shape index (κ3) is 4.20. The summed E-state index contributed by atoms with van der Waals surface area (Å²) in [6.45, 7) is 1.86. The fourth-order valence-corrected chi connectivity index (χ4v) is 2.26. The highest BCUT2D eigenvalue weighted by Crippen LogP contribution is 2.22. The maximum Gasteiger partial charge on any atom is 0.250 e. The molecule has 0 atom stereocenters. The summed E-state index contributed by atoms with van der Waals surface area (Å²) in [6.07, 6.45) is 1.98. The molecular weight excluding hydrogens is 278 g/mol. The molecule has 106 valence electrons. The van der Waals surface area contributed by atoms with Crippen LogP contribution < -0.4 is 10.6 Å². The molecule has 5 nitrogen and oxygen atoms in total. The number of nitriles is 1. The van der Waals surface area contributed by atoms with E-state index in [4.69, 9.17) is 21.6 Å². The first-order chi connectivity index (χ1) is 9.69. The Morgan fingerprint density at radius 2 is 2.25 bits per heavy atom. The summed E-state index contributed by atoms with van der Waals surface area (Å²) in [6, 6.07) is 6.73. The molecule has 0 bridgehead atoms. The molecule has 6 heteroatoms. The van der Waals surface area contributed by atoms with Crippen molar-refractivity contribution in [2.45, 2.75) is 18.9 Å². The van der Waals surface area contributed by atoms with Gasteiger partial charge < -0.3 is 15.4 Å². The smallest absolute Gasteiger partial charge is 0.250 e. The van der Waals surface area contributed by atoms with Crippen molar-refractivity contribution >= 4 is 23.2 Å². The molecule has 0 aromatic heterocycles. The van der Waals surface area contributed by atoms with E-state index in [1.807, 2.05) is 6.07 Å². The lowest BCUT2D eigenvalue weighted by atomic mass is 10.1. The quantitative estimate of drug-likeness (QED) is 0.889. The summed E-state index contributed by atoms with van der Waals surface area (Å²) in [5.41, 5.74) is 0.948. The molecule has 0 aliphatic carbocycles. The van der Waals surface area contributed by atoms with E-state index in [0.29, 0.717) is 16.3 Å². The number of hydrogen-bond acceptors (Lipinski definition) is 4. The minimum Gasteiger partial charge on any atom is -0.368 e. The van der Waals surface area contributed by atoms with Gasteiger partial charge in [-0.15, -0.1) is 0 Å². The van der Waals surface area contributed by atoms with Gasteiger partial charge in [0.05, 0.1) is 28.4 Å². The van der Waals surface area contributed by atoms with Gasteiger partial charge in [0, 0.05) is 0 Å². The van der Waals surface area contributed by atoms with Gasteiger partial charge in [-0.3, -0.25) is 4.79 Å². The highest BCUT2D eigenvalue weighted by atomic mass is 35.5. The topological polar surface area (TPSA) is 74.2 Å². The van der Waals surface area contributed by atoms with Crippen molar-refractivity contribution in [1.82, 2.24) is 5.32 Å². The van der Waals surface area contributed by atoms with Crippen molar-refractivity contribution in [2.75, 3.05) is 25.0 Å². The minimum atomic E-state index is -0.241. The molecule has 1 heterocycles. The largest absolute Gasteiger partial charge is 0.368 e. The predicted octanol–water partition coefficient (Wildman–Crippen LogP) is 1.92. The molecule has 20 heavy (non-hydrogen) atoms. The third-order valence-corrected chi connectivity index (χ3v) is 3.42. The van der Waals surface area contributed by atoms with E-state index >= 15 is 0 Å². The van der Waals surface area contributed by atoms with E-state index in [0.717, 1.165) is 25.9 Å². The van der Waals surface area contributed by atoms with Crippen LogP contribution in [0.25, 0.3) is 0 Å². The van der Waals surface area contributed by atoms with Gasteiger partial charge in [0.15, 0.2) is 0 Å². The molecule has 1 aromatic rings. The Kier molecular flexibility index (Phi) is 5.36. The normalized spacial score (nSPS) is 15.6. The monoisotopic (exact) mass is 293 g/mol. The van der Waals surface area contributed by atoms with Crippen molar-refractivity contribution in [3.8, 4) is 6.07 Å². The first-order valence-electron chi connectivity index (χ1n) is 6.51. The van der Waals surface area contributed by atoms with Crippen LogP contribution in [0.1, 0.15) is 18.4 Å². The number of halogens is 1. The molecule has 0 radical (unpaired) electrons. The van der Waals surface area contributed by atoms with Crippen LogP contribution in [-0.4, -0.2) is 31.7 Å². The van der Waals surface area contributed by atoms with Gasteiger partial charge in [-0.25, -0.2) is 0 Å². The lowest BCUT2D eigenvalue weighted by Crippen LogP contribution is -2.34. The van der Waals surface area contributed by atoms with Gasteiger partial charge in [-0.05, 0) is 44.1 Å². The first kappa shape index (κ1) is 14.8. The van der Waals surface area contributed by atoms with E-state index < -0.39 is 0 Å². The van der Waals surface area contributed by atoms with Crippen molar-refractivity contribution in [1.29, 1.82) is 5.26 Å². The molecule has 0 unspecified atom stereocenters. The molecular formula is C14H16ClN3O2. The number of rotatable bonds is 4. The molecule has 0 saturated carbocycles. The summed E-state index contributed by atoms with van der Waals surface area (Å²) in [5.74, 6) is -0.241. The number of carbonyl (C=O) groups is 1. The number of nitrogens with zero attached hydrogens (tertiary/aromatic N) is 1. The number of nitrogens with one attached hydrogen (secondary N) is 2. The summed E-state index contributed by atoms with van der Waals surface area (Å²) in [4.78, 5) is 11.8. The van der Waals surface area contributed by atoms with Gasteiger partial charge in [-0.1, -0.05) is 11.6 Å². The predicted molar refractivity (Wildman–Crippen MR) is 76.6 cm³/mol. The molecule has 2 N–H and O–H groups in total. The van der Waals surface area contributed by atoms with Crippen LogP contribution in [0.3, 0.4) is 0 Å². The van der Waals surface area contributed by atoms with Crippen LogP contribution in [0.5, 0.6) is 0 Å². The van der Waals surface area contributed by atoms with Gasteiger partial charge in [-0.2, -0.15) is 5.26 Å². The van der Waals surface area contributed by atoms with E-state index in [1.54, 1.807) is 12.1 Å². The Hall–Kier alpha value is -1.61. The Morgan fingerprint density at radius 1 is 1.50 bits per heavy atom. The highest BCUT2D eigenvalue weighted by molar-refractivity contribution is 6.33. The Bertz CT molecular complexity index is 522. The average molecular weight is 294 g/mol. The second kappa shape index (κ2) is 7.25. The average Bonchev–Trinajstić information content (AvgIpc) is 2.48. The molecule has 1 saturated heterocycles. The van der Waals surface area contributed by atoms with Gasteiger partial charge in [0.25, 0.3) is 0 Å². The summed E-state index contributed by atoms with van der Waals surface area (Å²) < 4.78 is 5.55. The van der Waals surface area contributed by atoms with Crippen LogP contribution >= 0.6 is 11.6 Å². The van der Waals surface area contributed by atoms with Crippen molar-refractivity contribution < 1.29 is 9.53 Å². The van der Waals surface area contributed by atoms with Crippen molar-refractivity contribution in [3.05, 3.63) is 28.8 Å². The molecule has 1 aliphatic rings. The molecule has 1 aliphatic heterocycles. The van der Waals surface area contributed by atoms with Crippen LogP contribution in [0, 0.1) is 11.3 Å². The minimum absolute atomic E-state index is 0.0149. The zero-order valence-corrected chi connectivity index (χ0v) is 11.7. The first-order valence-corrected chi connectivity index (χ1v) is 6.88. The number of benzene rings is 1. The van der Waals surface area contributed by atoms with Gasteiger partial charge in [0.1, 0.15) is 6.61 Å². The number of ether oxygens (including phenoxy) is 1. The standard InChI is InChI=1S/C14H16ClN3O2/c15-12-7-10(8-16)1-2-13(12)18-14(19)9-20-11-3-5-17-6-4-11/h1-2,7,11,17H,3-6,9H2,(H,18,19). The second-order valence-electron chi connectivity index (χ2n) is 4.61. The van der Waals surface area contributed by atoms with E-state index in [-0.39, 0.29) is 18.6 Å². The summed E-state index contributed by atoms with van der Waals surface area (Å²) >= 11 is 5.99.